The van der Waals surface area contributed by atoms with Crippen LogP contribution >= 0.6 is 0 Å². The Kier molecular flexibility index (Phi) is 5.52. The molecule has 3 aliphatic heterocycles. The predicted octanol–water partition coefficient (Wildman–Crippen LogP) is -0.683. The van der Waals surface area contributed by atoms with E-state index in [0.717, 1.165) is 23.6 Å². The van der Waals surface area contributed by atoms with Gasteiger partial charge in [0.15, 0.2) is 9.84 Å². The van der Waals surface area contributed by atoms with Gasteiger partial charge in [-0.3, -0.25) is 9.69 Å². The largest absolute Gasteiger partial charge is 0.376 e. The molecule has 1 aromatic rings. The van der Waals surface area contributed by atoms with Gasteiger partial charge in [-0.15, -0.1) is 0 Å². The van der Waals surface area contributed by atoms with Gasteiger partial charge in [-0.05, 0) is 13.5 Å². The van der Waals surface area contributed by atoms with E-state index in [0.29, 0.717) is 45.8 Å². The van der Waals surface area contributed by atoms with Crippen molar-refractivity contribution in [3.8, 4) is 0 Å². The zero-order valence-electron chi connectivity index (χ0n) is 16.2. The first-order valence-electron chi connectivity index (χ1n) is 9.77. The smallest absolute Gasteiger partial charge is 0.236 e. The van der Waals surface area contributed by atoms with Gasteiger partial charge in [0.2, 0.25) is 11.9 Å². The van der Waals surface area contributed by atoms with Gasteiger partial charge < -0.3 is 14.5 Å². The lowest BCUT2D eigenvalue weighted by Crippen LogP contribution is -2.52. The lowest BCUT2D eigenvalue weighted by molar-refractivity contribution is -0.132. The van der Waals surface area contributed by atoms with Crippen molar-refractivity contribution in [3.05, 3.63) is 17.5 Å². The maximum atomic E-state index is 12.6. The normalized spacial score (nSPS) is 24.4. The van der Waals surface area contributed by atoms with E-state index >= 15 is 0 Å². The van der Waals surface area contributed by atoms with Crippen molar-refractivity contribution in [1.82, 2.24) is 19.8 Å². The van der Waals surface area contributed by atoms with Crippen molar-refractivity contribution in [1.29, 1.82) is 0 Å². The summed E-state index contributed by atoms with van der Waals surface area (Å²) in [6.07, 6.45) is 3.27. The average molecular weight is 410 g/mol. The lowest BCUT2D eigenvalue weighted by Gasteiger charge is -2.36. The van der Waals surface area contributed by atoms with Crippen molar-refractivity contribution in [2.24, 2.45) is 0 Å². The summed E-state index contributed by atoms with van der Waals surface area (Å²) in [6.45, 7) is 4.17. The molecule has 1 atom stereocenters. The number of rotatable bonds is 4. The van der Waals surface area contributed by atoms with Crippen LogP contribution in [0.4, 0.5) is 5.95 Å². The zero-order valence-corrected chi connectivity index (χ0v) is 17.0. The molecule has 1 unspecified atom stereocenters. The molecule has 4 rings (SSSR count). The number of nitrogens with zero attached hydrogens (tertiary/aromatic N) is 5. The SMILES string of the molecule is CN(CC(=O)N1CCN(c2ncc3c(n2)CCOC3)CC1)C1CCS(=O)(=O)C1. The number of likely N-dealkylation sites (N-methyl/N-ethyl adjacent to an activating group) is 1. The number of fused-ring (bicyclic) bond motifs is 1. The highest BCUT2D eigenvalue weighted by Crippen LogP contribution is 2.19. The van der Waals surface area contributed by atoms with Crippen LogP contribution in [0, 0.1) is 0 Å². The Balaban J connectivity index is 1.29. The summed E-state index contributed by atoms with van der Waals surface area (Å²) in [5.41, 5.74) is 2.11. The minimum Gasteiger partial charge on any atom is -0.376 e. The fourth-order valence-corrected chi connectivity index (χ4v) is 5.80. The molecule has 154 valence electrons. The van der Waals surface area contributed by atoms with Crippen molar-refractivity contribution in [2.75, 3.05) is 62.8 Å². The van der Waals surface area contributed by atoms with Crippen LogP contribution in [0.5, 0.6) is 0 Å². The Morgan fingerprint density at radius 1 is 1.32 bits per heavy atom. The van der Waals surface area contributed by atoms with Crippen molar-refractivity contribution < 1.29 is 17.9 Å². The maximum absolute atomic E-state index is 12.6. The Labute approximate surface area is 165 Å². The van der Waals surface area contributed by atoms with Gasteiger partial charge in [-0.25, -0.2) is 18.4 Å². The summed E-state index contributed by atoms with van der Waals surface area (Å²) in [7, 11) is -1.10. The summed E-state index contributed by atoms with van der Waals surface area (Å²) in [5.74, 6) is 1.16. The Morgan fingerprint density at radius 3 is 2.82 bits per heavy atom. The van der Waals surface area contributed by atoms with Gasteiger partial charge in [0.25, 0.3) is 0 Å². The first-order valence-corrected chi connectivity index (χ1v) is 11.6. The summed E-state index contributed by atoms with van der Waals surface area (Å²) >= 11 is 0. The van der Waals surface area contributed by atoms with Crippen LogP contribution in [-0.2, 0) is 32.4 Å². The number of anilines is 1. The van der Waals surface area contributed by atoms with E-state index in [1.54, 1.807) is 0 Å². The number of ether oxygens (including phenoxy) is 1. The van der Waals surface area contributed by atoms with Gasteiger partial charge in [0, 0.05) is 50.4 Å². The number of hydrogen-bond donors (Lipinski definition) is 0. The van der Waals surface area contributed by atoms with E-state index in [1.165, 1.54) is 0 Å². The third-order valence-electron chi connectivity index (χ3n) is 5.81. The average Bonchev–Trinajstić information content (AvgIpc) is 3.07. The number of carbonyl (C=O) groups is 1. The second kappa shape index (κ2) is 7.92. The molecule has 4 heterocycles. The molecule has 2 fully saturated rings. The summed E-state index contributed by atoms with van der Waals surface area (Å²) in [5, 5.41) is 0. The number of carbonyl (C=O) groups excluding carboxylic acids is 1. The van der Waals surface area contributed by atoms with Crippen LogP contribution in [0.15, 0.2) is 6.20 Å². The maximum Gasteiger partial charge on any atom is 0.236 e. The zero-order chi connectivity index (χ0) is 19.7. The molecule has 0 spiro atoms. The molecular weight excluding hydrogens is 382 g/mol. The predicted molar refractivity (Wildman–Crippen MR) is 104 cm³/mol. The van der Waals surface area contributed by atoms with Gasteiger partial charge in [-0.1, -0.05) is 0 Å². The summed E-state index contributed by atoms with van der Waals surface area (Å²) in [6, 6.07) is -0.0527. The Hall–Kier alpha value is -1.78. The number of piperazine rings is 1. The molecule has 1 aromatic heterocycles. The van der Waals surface area contributed by atoms with Crippen molar-refractivity contribution in [2.45, 2.75) is 25.5 Å². The van der Waals surface area contributed by atoms with E-state index in [2.05, 4.69) is 14.9 Å². The molecule has 0 N–H and O–H groups in total. The minimum absolute atomic E-state index is 0.0509. The van der Waals surface area contributed by atoms with Crippen LogP contribution in [-0.4, -0.2) is 98.0 Å². The van der Waals surface area contributed by atoms with E-state index in [1.807, 2.05) is 23.0 Å². The molecule has 28 heavy (non-hydrogen) atoms. The van der Waals surface area contributed by atoms with Crippen molar-refractivity contribution >= 4 is 21.7 Å². The Bertz CT molecular complexity index is 838. The van der Waals surface area contributed by atoms with Crippen LogP contribution in [0.25, 0.3) is 0 Å². The topological polar surface area (TPSA) is 95.9 Å². The molecule has 3 aliphatic rings. The summed E-state index contributed by atoms with van der Waals surface area (Å²) < 4.78 is 28.7. The van der Waals surface area contributed by atoms with E-state index in [4.69, 9.17) is 4.74 Å². The molecule has 0 bridgehead atoms. The van der Waals surface area contributed by atoms with Crippen LogP contribution in [0.2, 0.25) is 0 Å². The second-order valence-corrected chi connectivity index (χ2v) is 10.0. The van der Waals surface area contributed by atoms with E-state index in [9.17, 15) is 13.2 Å². The molecule has 2 saturated heterocycles. The molecule has 10 heteroatoms. The highest BCUT2D eigenvalue weighted by Gasteiger charge is 2.32. The van der Waals surface area contributed by atoms with Crippen LogP contribution in [0.3, 0.4) is 0 Å². The van der Waals surface area contributed by atoms with Gasteiger partial charge in [-0.2, -0.15) is 0 Å². The third-order valence-corrected chi connectivity index (χ3v) is 7.56. The van der Waals surface area contributed by atoms with Gasteiger partial charge >= 0.3 is 0 Å². The second-order valence-electron chi connectivity index (χ2n) is 7.78. The monoisotopic (exact) mass is 409 g/mol. The molecule has 1 amide bonds. The molecule has 0 saturated carbocycles. The van der Waals surface area contributed by atoms with E-state index < -0.39 is 9.84 Å². The number of aromatic nitrogens is 2. The lowest BCUT2D eigenvalue weighted by atomic mass is 10.1. The first kappa shape index (κ1) is 19.5. The fraction of sp³-hybridized carbons (Fsp3) is 0.722. The van der Waals surface area contributed by atoms with Gasteiger partial charge in [0.05, 0.1) is 37.0 Å². The highest BCUT2D eigenvalue weighted by atomic mass is 32.2. The first-order chi connectivity index (χ1) is 13.4. The molecular formula is C18H27N5O4S. The number of hydrogen-bond acceptors (Lipinski definition) is 8. The quantitative estimate of drug-likeness (QED) is 0.645. The van der Waals surface area contributed by atoms with Gasteiger partial charge in [0.1, 0.15) is 0 Å². The molecule has 9 nitrogen and oxygen atoms in total. The Morgan fingerprint density at radius 2 is 2.11 bits per heavy atom. The number of amides is 1. The molecule has 0 aliphatic carbocycles. The molecule has 0 radical (unpaired) electrons. The standard InChI is InChI=1S/C18H27N5O4S/c1-21(15-3-9-28(25,26)13-15)11-17(24)22-4-6-23(7-5-22)18-19-10-14-12-27-8-2-16(14)20-18/h10,15H,2-9,11-13H2,1H3. The summed E-state index contributed by atoms with van der Waals surface area (Å²) in [4.78, 5) is 27.6. The highest BCUT2D eigenvalue weighted by molar-refractivity contribution is 7.91. The molecule has 0 aromatic carbocycles. The van der Waals surface area contributed by atoms with Crippen LogP contribution < -0.4 is 4.90 Å². The van der Waals surface area contributed by atoms with E-state index in [-0.39, 0.29) is 30.0 Å². The third kappa shape index (κ3) is 4.28. The number of sulfone groups is 1. The minimum atomic E-state index is -2.94. The van der Waals surface area contributed by atoms with Crippen LogP contribution in [0.1, 0.15) is 17.7 Å². The van der Waals surface area contributed by atoms with Crippen molar-refractivity contribution in [3.63, 3.8) is 0 Å². The fourth-order valence-electron chi connectivity index (χ4n) is 3.99.